The summed E-state index contributed by atoms with van der Waals surface area (Å²) < 4.78 is 4.92. The summed E-state index contributed by atoms with van der Waals surface area (Å²) in [6.07, 6.45) is 8.94. The van der Waals surface area contributed by atoms with Crippen LogP contribution in [0.3, 0.4) is 0 Å². The molecule has 0 N–H and O–H groups in total. The second kappa shape index (κ2) is 8.92. The van der Waals surface area contributed by atoms with Gasteiger partial charge >= 0.3 is 5.97 Å². The molecule has 28 heavy (non-hydrogen) atoms. The van der Waals surface area contributed by atoms with Crippen LogP contribution in [0, 0.1) is 5.92 Å². The first-order valence-corrected chi connectivity index (χ1v) is 10.8. The molecule has 0 unspecified atom stereocenters. The molecule has 3 fully saturated rings. The maximum absolute atomic E-state index is 11.8. The van der Waals surface area contributed by atoms with E-state index in [1.165, 1.54) is 45.6 Å². The number of hydrogen-bond donors (Lipinski definition) is 0. The molecule has 154 valence electrons. The van der Waals surface area contributed by atoms with Crippen molar-refractivity contribution in [1.29, 1.82) is 0 Å². The maximum atomic E-state index is 11.8. The van der Waals surface area contributed by atoms with E-state index in [9.17, 15) is 4.79 Å². The van der Waals surface area contributed by atoms with Gasteiger partial charge in [-0.2, -0.15) is 15.0 Å². The van der Waals surface area contributed by atoms with Crippen molar-refractivity contribution in [2.75, 3.05) is 61.1 Å². The number of piperidine rings is 3. The zero-order chi connectivity index (χ0) is 19.3. The predicted octanol–water partition coefficient (Wildman–Crippen LogP) is 2.24. The van der Waals surface area contributed by atoms with Crippen LogP contribution in [0.2, 0.25) is 0 Å². The quantitative estimate of drug-likeness (QED) is 0.727. The van der Waals surface area contributed by atoms with E-state index < -0.39 is 0 Å². The van der Waals surface area contributed by atoms with Crippen LogP contribution in [0.1, 0.15) is 51.4 Å². The Morgan fingerprint density at radius 1 is 0.714 bits per heavy atom. The lowest BCUT2D eigenvalue weighted by Gasteiger charge is -2.34. The van der Waals surface area contributed by atoms with Crippen LogP contribution >= 0.6 is 0 Å². The van der Waals surface area contributed by atoms with Gasteiger partial charge in [0.15, 0.2) is 0 Å². The Morgan fingerprint density at radius 2 is 1.11 bits per heavy atom. The van der Waals surface area contributed by atoms with Gasteiger partial charge in [-0.25, -0.2) is 0 Å². The molecule has 0 amide bonds. The first-order valence-electron chi connectivity index (χ1n) is 10.8. The number of anilines is 3. The molecule has 4 heterocycles. The summed E-state index contributed by atoms with van der Waals surface area (Å²) in [6.45, 7) is 5.65. The SMILES string of the molecule is COC(=O)C1CCN(c2nc(N3CCCCC3)nc(N3CCCCC3)n2)CC1. The Balaban J connectivity index is 1.56. The van der Waals surface area contributed by atoms with E-state index in [2.05, 4.69) is 14.7 Å². The zero-order valence-electron chi connectivity index (χ0n) is 17.0. The summed E-state index contributed by atoms with van der Waals surface area (Å²) in [4.78, 5) is 33.2. The van der Waals surface area contributed by atoms with E-state index in [1.54, 1.807) is 0 Å². The smallest absolute Gasteiger partial charge is 0.308 e. The molecule has 3 saturated heterocycles. The number of aromatic nitrogens is 3. The van der Waals surface area contributed by atoms with Crippen LogP contribution in [0.4, 0.5) is 17.8 Å². The van der Waals surface area contributed by atoms with Crippen molar-refractivity contribution >= 4 is 23.8 Å². The minimum atomic E-state index is -0.0988. The highest BCUT2D eigenvalue weighted by Gasteiger charge is 2.28. The Labute approximate surface area is 167 Å². The van der Waals surface area contributed by atoms with Gasteiger partial charge in [0, 0.05) is 39.3 Å². The van der Waals surface area contributed by atoms with Crippen LogP contribution < -0.4 is 14.7 Å². The van der Waals surface area contributed by atoms with E-state index in [0.29, 0.717) is 0 Å². The van der Waals surface area contributed by atoms with Crippen molar-refractivity contribution in [3.63, 3.8) is 0 Å². The van der Waals surface area contributed by atoms with Crippen molar-refractivity contribution in [3.8, 4) is 0 Å². The number of rotatable bonds is 4. The third-order valence-electron chi connectivity index (χ3n) is 6.19. The third kappa shape index (κ3) is 4.31. The van der Waals surface area contributed by atoms with E-state index in [1.807, 2.05) is 0 Å². The van der Waals surface area contributed by atoms with Gasteiger partial charge in [0.05, 0.1) is 13.0 Å². The largest absolute Gasteiger partial charge is 0.469 e. The Bertz CT molecular complexity index is 628. The molecular weight excluding hydrogens is 356 g/mol. The molecule has 0 saturated carbocycles. The van der Waals surface area contributed by atoms with Crippen LogP contribution in [-0.2, 0) is 9.53 Å². The van der Waals surface area contributed by atoms with E-state index in [0.717, 1.165) is 70.0 Å². The first kappa shape index (κ1) is 19.2. The first-order chi connectivity index (χ1) is 13.7. The van der Waals surface area contributed by atoms with Gasteiger partial charge in [0.2, 0.25) is 17.8 Å². The van der Waals surface area contributed by atoms with Crippen LogP contribution in [0.5, 0.6) is 0 Å². The summed E-state index contributed by atoms with van der Waals surface area (Å²) in [5.74, 6) is 2.30. The van der Waals surface area contributed by atoms with E-state index in [4.69, 9.17) is 19.7 Å². The monoisotopic (exact) mass is 388 g/mol. The predicted molar refractivity (Wildman–Crippen MR) is 109 cm³/mol. The van der Waals surface area contributed by atoms with E-state index >= 15 is 0 Å². The number of hydrogen-bond acceptors (Lipinski definition) is 8. The number of carbonyl (C=O) groups is 1. The van der Waals surface area contributed by atoms with Crippen molar-refractivity contribution in [3.05, 3.63) is 0 Å². The molecular formula is C20H32N6O2. The molecule has 8 heteroatoms. The average Bonchev–Trinajstić information content (AvgIpc) is 2.79. The molecule has 0 atom stereocenters. The molecule has 0 aromatic carbocycles. The Morgan fingerprint density at radius 3 is 1.50 bits per heavy atom. The molecule has 1 aromatic heterocycles. The average molecular weight is 389 g/mol. The third-order valence-corrected chi connectivity index (χ3v) is 6.19. The molecule has 3 aliphatic heterocycles. The minimum absolute atomic E-state index is 0.00813. The summed E-state index contributed by atoms with van der Waals surface area (Å²) in [6, 6.07) is 0. The van der Waals surface area contributed by atoms with Gasteiger partial charge in [-0.15, -0.1) is 0 Å². The van der Waals surface area contributed by atoms with Gasteiger partial charge in [0.25, 0.3) is 0 Å². The van der Waals surface area contributed by atoms with Gasteiger partial charge in [-0.3, -0.25) is 4.79 Å². The molecule has 1 aromatic rings. The summed E-state index contributed by atoms with van der Waals surface area (Å²) >= 11 is 0. The highest BCUT2D eigenvalue weighted by Crippen LogP contribution is 2.27. The molecule has 0 bridgehead atoms. The number of esters is 1. The molecule has 3 aliphatic rings. The number of nitrogens with zero attached hydrogens (tertiary/aromatic N) is 6. The lowest BCUT2D eigenvalue weighted by atomic mass is 9.97. The fraction of sp³-hybridized carbons (Fsp3) is 0.800. The van der Waals surface area contributed by atoms with Crippen LogP contribution in [-0.4, -0.2) is 67.3 Å². The van der Waals surface area contributed by atoms with Gasteiger partial charge in [-0.1, -0.05) is 0 Å². The highest BCUT2D eigenvalue weighted by molar-refractivity contribution is 5.72. The van der Waals surface area contributed by atoms with Gasteiger partial charge < -0.3 is 19.4 Å². The summed E-state index contributed by atoms with van der Waals surface area (Å²) in [5, 5.41) is 0. The normalized spacial score (nSPS) is 21.7. The highest BCUT2D eigenvalue weighted by atomic mass is 16.5. The van der Waals surface area contributed by atoms with Crippen molar-refractivity contribution < 1.29 is 9.53 Å². The molecule has 0 spiro atoms. The lowest BCUT2D eigenvalue weighted by molar-refractivity contribution is -0.146. The van der Waals surface area contributed by atoms with Gasteiger partial charge in [-0.05, 0) is 51.4 Å². The van der Waals surface area contributed by atoms with Gasteiger partial charge in [0.1, 0.15) is 0 Å². The topological polar surface area (TPSA) is 74.7 Å². The summed E-state index contributed by atoms with van der Waals surface area (Å²) in [5.41, 5.74) is 0. The van der Waals surface area contributed by atoms with Crippen molar-refractivity contribution in [1.82, 2.24) is 15.0 Å². The molecule has 8 nitrogen and oxygen atoms in total. The second-order valence-electron chi connectivity index (χ2n) is 8.12. The van der Waals surface area contributed by atoms with E-state index in [-0.39, 0.29) is 11.9 Å². The van der Waals surface area contributed by atoms with Crippen LogP contribution in [0.15, 0.2) is 0 Å². The zero-order valence-corrected chi connectivity index (χ0v) is 17.0. The second-order valence-corrected chi connectivity index (χ2v) is 8.12. The standard InChI is InChI=1S/C20H32N6O2/c1-28-17(27)16-8-14-26(15-9-16)20-22-18(24-10-4-2-5-11-24)21-19(23-20)25-12-6-3-7-13-25/h16H,2-15H2,1H3. The lowest BCUT2D eigenvalue weighted by Crippen LogP contribution is -2.39. The Hall–Kier alpha value is -2.12. The maximum Gasteiger partial charge on any atom is 0.308 e. The molecule has 0 radical (unpaired) electrons. The number of carbonyl (C=O) groups excluding carboxylic acids is 1. The molecule has 0 aliphatic carbocycles. The number of methoxy groups -OCH3 is 1. The fourth-order valence-corrected chi connectivity index (χ4v) is 4.44. The van der Waals surface area contributed by atoms with Crippen LogP contribution in [0.25, 0.3) is 0 Å². The molecule has 4 rings (SSSR count). The van der Waals surface area contributed by atoms with Crippen molar-refractivity contribution in [2.45, 2.75) is 51.4 Å². The van der Waals surface area contributed by atoms with Crippen molar-refractivity contribution in [2.24, 2.45) is 5.92 Å². The summed E-state index contributed by atoms with van der Waals surface area (Å²) in [7, 11) is 1.47. The Kier molecular flexibility index (Phi) is 6.12. The number of ether oxygens (including phenoxy) is 1. The fourth-order valence-electron chi connectivity index (χ4n) is 4.44. The minimum Gasteiger partial charge on any atom is -0.469 e.